The SMILES string of the molecule is CCCC(C)(C)NC(=O)CC(N)=S. The minimum absolute atomic E-state index is 0.0917. The standard InChI is InChI=1S/C9H18N2OS/c1-4-5-9(2,3)11-8(12)6-7(10)13/h4-6H2,1-3H3,(H2,10,13)(H,11,12). The van der Waals surface area contributed by atoms with Crippen LogP contribution < -0.4 is 11.1 Å². The lowest BCUT2D eigenvalue weighted by molar-refractivity contribution is -0.121. The Kier molecular flexibility index (Phi) is 4.91. The zero-order valence-electron chi connectivity index (χ0n) is 8.52. The van der Waals surface area contributed by atoms with Gasteiger partial charge in [-0.1, -0.05) is 25.6 Å². The van der Waals surface area contributed by atoms with Crippen LogP contribution in [-0.4, -0.2) is 16.4 Å². The molecule has 0 saturated carbocycles. The smallest absolute Gasteiger partial charge is 0.227 e. The third-order valence-corrected chi connectivity index (χ3v) is 1.83. The summed E-state index contributed by atoms with van der Waals surface area (Å²) in [5.74, 6) is -0.0917. The molecule has 0 saturated heterocycles. The van der Waals surface area contributed by atoms with E-state index >= 15 is 0 Å². The van der Waals surface area contributed by atoms with Gasteiger partial charge in [0.2, 0.25) is 5.91 Å². The molecule has 3 N–H and O–H groups in total. The first-order valence-corrected chi connectivity index (χ1v) is 4.87. The number of hydrogen-bond acceptors (Lipinski definition) is 2. The molecule has 0 fully saturated rings. The second-order valence-corrected chi connectivity index (χ2v) is 4.35. The fourth-order valence-corrected chi connectivity index (χ4v) is 1.40. The number of hydrogen-bond donors (Lipinski definition) is 2. The Bertz CT molecular complexity index is 202. The van der Waals surface area contributed by atoms with Crippen molar-refractivity contribution in [2.24, 2.45) is 5.73 Å². The Morgan fingerprint density at radius 1 is 1.54 bits per heavy atom. The number of thiocarbonyl (C=S) groups is 1. The summed E-state index contributed by atoms with van der Waals surface area (Å²) in [6.45, 7) is 6.07. The molecule has 0 aliphatic heterocycles. The van der Waals surface area contributed by atoms with Crippen LogP contribution in [-0.2, 0) is 4.79 Å². The molecule has 0 aromatic heterocycles. The molecule has 4 heteroatoms. The van der Waals surface area contributed by atoms with Crippen LogP contribution in [0.4, 0.5) is 0 Å². The van der Waals surface area contributed by atoms with Crippen LogP contribution in [0, 0.1) is 0 Å². The number of nitrogens with two attached hydrogens (primary N) is 1. The Balaban J connectivity index is 3.96. The van der Waals surface area contributed by atoms with Crippen molar-refractivity contribution in [3.8, 4) is 0 Å². The lowest BCUT2D eigenvalue weighted by atomic mass is 9.99. The third kappa shape index (κ3) is 6.51. The average Bonchev–Trinajstić information content (AvgIpc) is 1.81. The Labute approximate surface area is 85.1 Å². The molecule has 0 aromatic rings. The fourth-order valence-electron chi connectivity index (χ4n) is 1.27. The van der Waals surface area contributed by atoms with Crippen molar-refractivity contribution >= 4 is 23.1 Å². The summed E-state index contributed by atoms with van der Waals surface area (Å²) in [6.07, 6.45) is 2.14. The summed E-state index contributed by atoms with van der Waals surface area (Å²) in [4.78, 5) is 11.5. The summed E-state index contributed by atoms with van der Waals surface area (Å²) in [5.41, 5.74) is 5.10. The minimum Gasteiger partial charge on any atom is -0.393 e. The lowest BCUT2D eigenvalue weighted by Gasteiger charge is -2.25. The van der Waals surface area contributed by atoms with Gasteiger partial charge in [0, 0.05) is 5.54 Å². The lowest BCUT2D eigenvalue weighted by Crippen LogP contribution is -2.44. The first kappa shape index (κ1) is 12.4. The number of carbonyl (C=O) groups is 1. The summed E-state index contributed by atoms with van der Waals surface area (Å²) in [7, 11) is 0. The van der Waals surface area contributed by atoms with E-state index in [1.54, 1.807) is 0 Å². The molecule has 0 radical (unpaired) electrons. The number of nitrogens with one attached hydrogen (secondary N) is 1. The first-order chi connectivity index (χ1) is 5.87. The minimum atomic E-state index is -0.156. The van der Waals surface area contributed by atoms with Gasteiger partial charge < -0.3 is 11.1 Å². The molecule has 0 heterocycles. The molecule has 0 aliphatic rings. The van der Waals surface area contributed by atoms with Crippen molar-refractivity contribution in [1.82, 2.24) is 5.32 Å². The van der Waals surface area contributed by atoms with Crippen molar-refractivity contribution in [3.63, 3.8) is 0 Å². The molecule has 0 bridgehead atoms. The fraction of sp³-hybridized carbons (Fsp3) is 0.778. The maximum absolute atomic E-state index is 11.3. The largest absolute Gasteiger partial charge is 0.393 e. The van der Waals surface area contributed by atoms with E-state index in [0.717, 1.165) is 12.8 Å². The van der Waals surface area contributed by atoms with Gasteiger partial charge in [-0.05, 0) is 20.3 Å². The average molecular weight is 202 g/mol. The van der Waals surface area contributed by atoms with E-state index in [4.69, 9.17) is 5.73 Å². The summed E-state index contributed by atoms with van der Waals surface area (Å²) in [6, 6.07) is 0. The predicted octanol–water partition coefficient (Wildman–Crippen LogP) is 1.36. The van der Waals surface area contributed by atoms with Crippen LogP contribution >= 0.6 is 12.2 Å². The molecule has 0 aliphatic carbocycles. The van der Waals surface area contributed by atoms with Gasteiger partial charge >= 0.3 is 0 Å². The monoisotopic (exact) mass is 202 g/mol. The van der Waals surface area contributed by atoms with E-state index in [-0.39, 0.29) is 22.9 Å². The topological polar surface area (TPSA) is 55.1 Å². The molecular weight excluding hydrogens is 184 g/mol. The molecule has 13 heavy (non-hydrogen) atoms. The Morgan fingerprint density at radius 3 is 2.46 bits per heavy atom. The molecule has 76 valence electrons. The quantitative estimate of drug-likeness (QED) is 0.662. The van der Waals surface area contributed by atoms with Crippen LogP contribution in [0.25, 0.3) is 0 Å². The van der Waals surface area contributed by atoms with E-state index in [9.17, 15) is 4.79 Å². The highest BCUT2D eigenvalue weighted by Gasteiger charge is 2.18. The van der Waals surface area contributed by atoms with Crippen molar-refractivity contribution in [1.29, 1.82) is 0 Å². The number of rotatable bonds is 5. The van der Waals surface area contributed by atoms with Crippen molar-refractivity contribution in [2.75, 3.05) is 0 Å². The van der Waals surface area contributed by atoms with E-state index in [2.05, 4.69) is 24.5 Å². The van der Waals surface area contributed by atoms with Gasteiger partial charge in [0.25, 0.3) is 0 Å². The van der Waals surface area contributed by atoms with Gasteiger partial charge in [0.15, 0.2) is 0 Å². The van der Waals surface area contributed by atoms with Crippen LogP contribution in [0.3, 0.4) is 0 Å². The summed E-state index contributed by atoms with van der Waals surface area (Å²) in [5, 5.41) is 2.88. The Morgan fingerprint density at radius 2 is 2.08 bits per heavy atom. The highest BCUT2D eigenvalue weighted by Crippen LogP contribution is 2.10. The van der Waals surface area contributed by atoms with Gasteiger partial charge in [-0.25, -0.2) is 0 Å². The Hall–Kier alpha value is -0.640. The first-order valence-electron chi connectivity index (χ1n) is 4.46. The molecule has 0 atom stereocenters. The summed E-state index contributed by atoms with van der Waals surface area (Å²) < 4.78 is 0. The normalized spacial score (nSPS) is 11.0. The van der Waals surface area contributed by atoms with Crippen molar-refractivity contribution < 1.29 is 4.79 Å². The zero-order chi connectivity index (χ0) is 10.5. The molecule has 0 spiro atoms. The second-order valence-electron chi connectivity index (χ2n) is 3.83. The van der Waals surface area contributed by atoms with E-state index in [1.165, 1.54) is 0 Å². The molecule has 0 aromatic carbocycles. The molecule has 1 amide bonds. The van der Waals surface area contributed by atoms with Gasteiger partial charge in [-0.15, -0.1) is 0 Å². The number of carbonyl (C=O) groups excluding carboxylic acids is 1. The maximum atomic E-state index is 11.3. The number of amides is 1. The van der Waals surface area contributed by atoms with Crippen LogP contribution in [0.1, 0.15) is 40.0 Å². The predicted molar refractivity (Wildman–Crippen MR) is 58.5 cm³/mol. The highest BCUT2D eigenvalue weighted by molar-refractivity contribution is 7.80. The van der Waals surface area contributed by atoms with Gasteiger partial charge in [0.05, 0.1) is 11.4 Å². The van der Waals surface area contributed by atoms with Gasteiger partial charge in [0.1, 0.15) is 0 Å². The van der Waals surface area contributed by atoms with E-state index in [0.29, 0.717) is 0 Å². The van der Waals surface area contributed by atoms with Crippen molar-refractivity contribution in [2.45, 2.75) is 45.6 Å². The van der Waals surface area contributed by atoms with Crippen LogP contribution in [0.2, 0.25) is 0 Å². The van der Waals surface area contributed by atoms with Crippen LogP contribution in [0.5, 0.6) is 0 Å². The van der Waals surface area contributed by atoms with Gasteiger partial charge in [-0.2, -0.15) is 0 Å². The maximum Gasteiger partial charge on any atom is 0.227 e. The zero-order valence-corrected chi connectivity index (χ0v) is 9.33. The highest BCUT2D eigenvalue weighted by atomic mass is 32.1. The van der Waals surface area contributed by atoms with Crippen molar-refractivity contribution in [3.05, 3.63) is 0 Å². The molecule has 0 rings (SSSR count). The molecule has 0 unspecified atom stereocenters. The third-order valence-electron chi connectivity index (χ3n) is 1.69. The molecular formula is C9H18N2OS. The van der Waals surface area contributed by atoms with E-state index in [1.807, 2.05) is 13.8 Å². The summed E-state index contributed by atoms with van der Waals surface area (Å²) >= 11 is 4.64. The van der Waals surface area contributed by atoms with Crippen LogP contribution in [0.15, 0.2) is 0 Å². The second kappa shape index (κ2) is 5.17. The van der Waals surface area contributed by atoms with Gasteiger partial charge in [-0.3, -0.25) is 4.79 Å². The molecule has 3 nitrogen and oxygen atoms in total. The van der Waals surface area contributed by atoms with E-state index < -0.39 is 0 Å².